The number of nitrogen functional groups attached to an aromatic ring is 1. The maximum atomic E-state index is 5.56. The fourth-order valence-electron chi connectivity index (χ4n) is 3.19. The molecule has 1 aromatic rings. The van der Waals surface area contributed by atoms with Crippen LogP contribution in [-0.4, -0.2) is 23.1 Å². The van der Waals surface area contributed by atoms with Crippen LogP contribution in [0.4, 0.5) is 11.6 Å². The lowest BCUT2D eigenvalue weighted by Crippen LogP contribution is -2.38. The Balaban J connectivity index is 1.74. The summed E-state index contributed by atoms with van der Waals surface area (Å²) < 4.78 is 0. The maximum Gasteiger partial charge on any atom is 0.145 e. The van der Waals surface area contributed by atoms with Gasteiger partial charge in [-0.2, -0.15) is 0 Å². The van der Waals surface area contributed by atoms with Crippen molar-refractivity contribution in [3.63, 3.8) is 0 Å². The number of nitrogens with one attached hydrogen (secondary N) is 1. The fraction of sp³-hybridized carbons (Fsp3) is 0.750. The molecule has 1 aliphatic carbocycles. The van der Waals surface area contributed by atoms with Crippen molar-refractivity contribution in [1.82, 2.24) is 9.97 Å². The van der Waals surface area contributed by atoms with Gasteiger partial charge in [0.05, 0.1) is 0 Å². The molecule has 0 aromatic carbocycles. The van der Waals surface area contributed by atoms with Crippen LogP contribution in [0.2, 0.25) is 0 Å². The van der Waals surface area contributed by atoms with Crippen LogP contribution in [-0.2, 0) is 0 Å². The summed E-state index contributed by atoms with van der Waals surface area (Å²) in [6.07, 6.45) is 4.88. The molecule has 1 aromatic heterocycles. The van der Waals surface area contributed by atoms with Crippen LogP contribution in [0, 0.1) is 11.3 Å². The Kier molecular flexibility index (Phi) is 3.78. The van der Waals surface area contributed by atoms with Gasteiger partial charge in [-0.25, -0.2) is 15.8 Å². The number of nitrogens with zero attached hydrogens (tertiary/aromatic N) is 3. The van der Waals surface area contributed by atoms with Crippen molar-refractivity contribution in [2.24, 2.45) is 17.2 Å². The van der Waals surface area contributed by atoms with Crippen molar-refractivity contribution < 1.29 is 0 Å². The van der Waals surface area contributed by atoms with Gasteiger partial charge in [0, 0.05) is 25.1 Å². The Bertz CT molecular complexity index is 496. The van der Waals surface area contributed by atoms with Crippen LogP contribution in [0.5, 0.6) is 0 Å². The zero-order chi connectivity index (χ0) is 15.0. The second-order valence-corrected chi connectivity index (χ2v) is 7.52. The van der Waals surface area contributed by atoms with E-state index in [1.54, 1.807) is 0 Å². The van der Waals surface area contributed by atoms with Gasteiger partial charge < -0.3 is 10.3 Å². The highest BCUT2D eigenvalue weighted by atomic mass is 15.3. The van der Waals surface area contributed by atoms with E-state index in [0.717, 1.165) is 36.5 Å². The van der Waals surface area contributed by atoms with Crippen molar-refractivity contribution in [1.29, 1.82) is 0 Å². The minimum atomic E-state index is 0.404. The van der Waals surface area contributed by atoms with Gasteiger partial charge in [0.2, 0.25) is 0 Å². The second kappa shape index (κ2) is 5.44. The van der Waals surface area contributed by atoms with E-state index in [4.69, 9.17) is 10.8 Å². The SMILES string of the molecule is CC(C)(C)C1CCN(c2cc(NN)nc(C3CC3)n2)CC1. The topological polar surface area (TPSA) is 67.1 Å². The van der Waals surface area contributed by atoms with E-state index in [-0.39, 0.29) is 0 Å². The van der Waals surface area contributed by atoms with Gasteiger partial charge >= 0.3 is 0 Å². The van der Waals surface area contributed by atoms with E-state index in [1.165, 1.54) is 25.7 Å². The first-order chi connectivity index (χ1) is 9.97. The Morgan fingerprint density at radius 1 is 1.14 bits per heavy atom. The van der Waals surface area contributed by atoms with Crippen molar-refractivity contribution in [3.8, 4) is 0 Å². The average molecular weight is 289 g/mol. The summed E-state index contributed by atoms with van der Waals surface area (Å²) in [7, 11) is 0. The first-order valence-electron chi connectivity index (χ1n) is 8.08. The van der Waals surface area contributed by atoms with Crippen LogP contribution >= 0.6 is 0 Å². The van der Waals surface area contributed by atoms with Gasteiger partial charge in [-0.15, -0.1) is 0 Å². The lowest BCUT2D eigenvalue weighted by atomic mass is 9.75. The number of piperidine rings is 1. The molecule has 1 saturated carbocycles. The Labute approximate surface area is 127 Å². The van der Waals surface area contributed by atoms with Gasteiger partial charge in [-0.05, 0) is 37.0 Å². The monoisotopic (exact) mass is 289 g/mol. The zero-order valence-electron chi connectivity index (χ0n) is 13.4. The smallest absolute Gasteiger partial charge is 0.145 e. The molecule has 1 aliphatic heterocycles. The standard InChI is InChI=1S/C16H27N5/c1-16(2,3)12-6-8-21(9-7-12)14-10-13(20-17)18-15(19-14)11-4-5-11/h10-12H,4-9,17H2,1-3H3,(H,18,19,20). The normalized spacial score (nSPS) is 20.7. The molecule has 21 heavy (non-hydrogen) atoms. The van der Waals surface area contributed by atoms with E-state index in [9.17, 15) is 0 Å². The molecule has 2 aliphatic rings. The zero-order valence-corrected chi connectivity index (χ0v) is 13.4. The highest BCUT2D eigenvalue weighted by molar-refractivity contribution is 5.49. The number of hydrazine groups is 1. The summed E-state index contributed by atoms with van der Waals surface area (Å²) in [6.45, 7) is 9.19. The lowest BCUT2D eigenvalue weighted by molar-refractivity contribution is 0.198. The van der Waals surface area contributed by atoms with Crippen LogP contribution in [0.1, 0.15) is 58.2 Å². The number of anilines is 2. The van der Waals surface area contributed by atoms with E-state index in [0.29, 0.717) is 11.3 Å². The largest absolute Gasteiger partial charge is 0.356 e. The molecule has 3 N–H and O–H groups in total. The summed E-state index contributed by atoms with van der Waals surface area (Å²) >= 11 is 0. The highest BCUT2D eigenvalue weighted by Gasteiger charge is 2.31. The third-order valence-corrected chi connectivity index (χ3v) is 4.86. The number of aromatic nitrogens is 2. The predicted octanol–water partition coefficient (Wildman–Crippen LogP) is 2.90. The number of nitrogens with two attached hydrogens (primary N) is 1. The van der Waals surface area contributed by atoms with Crippen molar-refractivity contribution in [3.05, 3.63) is 11.9 Å². The first-order valence-corrected chi connectivity index (χ1v) is 8.08. The van der Waals surface area contributed by atoms with Gasteiger partial charge in [0.25, 0.3) is 0 Å². The Morgan fingerprint density at radius 2 is 1.81 bits per heavy atom. The molecule has 0 spiro atoms. The average Bonchev–Trinajstić information content (AvgIpc) is 3.30. The van der Waals surface area contributed by atoms with Crippen molar-refractivity contribution in [2.45, 2.75) is 52.4 Å². The minimum absolute atomic E-state index is 0.404. The van der Waals surface area contributed by atoms with Crippen LogP contribution < -0.4 is 16.2 Å². The molecule has 116 valence electrons. The minimum Gasteiger partial charge on any atom is -0.356 e. The molecule has 2 heterocycles. The molecule has 5 nitrogen and oxygen atoms in total. The Morgan fingerprint density at radius 3 is 2.33 bits per heavy atom. The number of rotatable bonds is 3. The fourth-order valence-corrected chi connectivity index (χ4v) is 3.19. The predicted molar refractivity (Wildman–Crippen MR) is 86.2 cm³/mol. The summed E-state index contributed by atoms with van der Waals surface area (Å²) in [5, 5.41) is 0. The molecule has 3 rings (SSSR count). The number of hydrogen-bond donors (Lipinski definition) is 2. The highest BCUT2D eigenvalue weighted by Crippen LogP contribution is 2.40. The third kappa shape index (κ3) is 3.28. The molecule has 0 bridgehead atoms. The lowest BCUT2D eigenvalue weighted by Gasteiger charge is -2.39. The van der Waals surface area contributed by atoms with E-state index in [1.807, 2.05) is 6.07 Å². The van der Waals surface area contributed by atoms with Crippen LogP contribution in [0.15, 0.2) is 6.07 Å². The molecular formula is C16H27N5. The van der Waals surface area contributed by atoms with Crippen molar-refractivity contribution >= 4 is 11.6 Å². The van der Waals surface area contributed by atoms with Crippen LogP contribution in [0.25, 0.3) is 0 Å². The molecule has 2 fully saturated rings. The molecule has 1 saturated heterocycles. The van der Waals surface area contributed by atoms with Crippen molar-refractivity contribution in [2.75, 3.05) is 23.4 Å². The molecule has 0 amide bonds. The second-order valence-electron chi connectivity index (χ2n) is 7.52. The third-order valence-electron chi connectivity index (χ3n) is 4.86. The summed E-state index contributed by atoms with van der Waals surface area (Å²) in [5.74, 6) is 9.63. The number of hydrogen-bond acceptors (Lipinski definition) is 5. The van der Waals surface area contributed by atoms with Gasteiger partial charge in [-0.3, -0.25) is 0 Å². The van der Waals surface area contributed by atoms with E-state index >= 15 is 0 Å². The van der Waals surface area contributed by atoms with E-state index in [2.05, 4.69) is 36.1 Å². The maximum absolute atomic E-state index is 5.56. The van der Waals surface area contributed by atoms with Crippen LogP contribution in [0.3, 0.4) is 0 Å². The van der Waals surface area contributed by atoms with Gasteiger partial charge in [0.1, 0.15) is 17.5 Å². The molecule has 0 unspecified atom stereocenters. The van der Waals surface area contributed by atoms with Gasteiger partial charge in [-0.1, -0.05) is 20.8 Å². The summed E-state index contributed by atoms with van der Waals surface area (Å²) in [4.78, 5) is 11.6. The molecule has 5 heteroatoms. The first kappa shape index (κ1) is 14.6. The quantitative estimate of drug-likeness (QED) is 0.661. The molecule has 0 atom stereocenters. The Hall–Kier alpha value is -1.36. The summed E-state index contributed by atoms with van der Waals surface area (Å²) in [6, 6.07) is 1.98. The van der Waals surface area contributed by atoms with Gasteiger partial charge in [0.15, 0.2) is 0 Å². The molecular weight excluding hydrogens is 262 g/mol. The summed E-state index contributed by atoms with van der Waals surface area (Å²) in [5.41, 5.74) is 3.09. The molecule has 0 radical (unpaired) electrons. The van der Waals surface area contributed by atoms with E-state index < -0.39 is 0 Å².